The van der Waals surface area contributed by atoms with Crippen LogP contribution in [0.4, 0.5) is 0 Å². The summed E-state index contributed by atoms with van der Waals surface area (Å²) in [5.74, 6) is -1.17. The molecule has 0 bridgehead atoms. The fourth-order valence-electron chi connectivity index (χ4n) is 3.65. The van der Waals surface area contributed by atoms with Gasteiger partial charge in [0.2, 0.25) is 0 Å². The van der Waals surface area contributed by atoms with E-state index < -0.39 is 11.9 Å². The number of carboxylic acid groups (broad SMARTS) is 1. The summed E-state index contributed by atoms with van der Waals surface area (Å²) in [5, 5.41) is 9.60. The summed E-state index contributed by atoms with van der Waals surface area (Å²) >= 11 is 1.61. The van der Waals surface area contributed by atoms with Crippen molar-refractivity contribution >= 4 is 17.7 Å². The quantitative estimate of drug-likeness (QED) is 0.650. The van der Waals surface area contributed by atoms with E-state index >= 15 is 0 Å². The van der Waals surface area contributed by atoms with Crippen molar-refractivity contribution in [1.82, 2.24) is 4.57 Å². The van der Waals surface area contributed by atoms with E-state index in [1.807, 2.05) is 54.9 Å². The average Bonchev–Trinajstić information content (AvgIpc) is 3.23. The summed E-state index contributed by atoms with van der Waals surface area (Å²) in [4.78, 5) is 13.0. The van der Waals surface area contributed by atoms with E-state index in [0.29, 0.717) is 13.0 Å². The van der Waals surface area contributed by atoms with Crippen LogP contribution in [0.5, 0.6) is 0 Å². The second kappa shape index (κ2) is 8.67. The summed E-state index contributed by atoms with van der Waals surface area (Å²) < 4.78 is 8.16. The Morgan fingerprint density at radius 3 is 2.43 bits per heavy atom. The SMILES string of the molecule is O=C(O)C1CCOC(c2ccccc2)C1Sc1ccc(Cn2cccc2)cc1. The maximum atomic E-state index is 11.9. The minimum atomic E-state index is -0.744. The van der Waals surface area contributed by atoms with Gasteiger partial charge in [-0.2, -0.15) is 0 Å². The molecule has 1 saturated heterocycles. The van der Waals surface area contributed by atoms with E-state index in [4.69, 9.17) is 4.74 Å². The topological polar surface area (TPSA) is 51.5 Å². The molecule has 2 aromatic carbocycles. The maximum Gasteiger partial charge on any atom is 0.307 e. The lowest BCUT2D eigenvalue weighted by molar-refractivity contribution is -0.146. The van der Waals surface area contributed by atoms with Gasteiger partial charge in [0.1, 0.15) is 0 Å². The van der Waals surface area contributed by atoms with Crippen molar-refractivity contribution in [2.24, 2.45) is 5.92 Å². The number of rotatable bonds is 6. The summed E-state index contributed by atoms with van der Waals surface area (Å²) in [6.45, 7) is 1.30. The molecule has 5 heteroatoms. The number of aliphatic carboxylic acids is 1. The normalized spacial score (nSPS) is 22.1. The zero-order chi connectivity index (χ0) is 19.3. The lowest BCUT2D eigenvalue weighted by atomic mass is 9.91. The molecule has 0 radical (unpaired) electrons. The van der Waals surface area contributed by atoms with Crippen molar-refractivity contribution in [1.29, 1.82) is 0 Å². The van der Waals surface area contributed by atoms with E-state index in [0.717, 1.165) is 17.0 Å². The summed E-state index contributed by atoms with van der Waals surface area (Å²) in [6.07, 6.45) is 4.41. The zero-order valence-corrected chi connectivity index (χ0v) is 16.3. The molecule has 144 valence electrons. The van der Waals surface area contributed by atoms with Crippen LogP contribution in [0.3, 0.4) is 0 Å². The van der Waals surface area contributed by atoms with Gasteiger partial charge >= 0.3 is 5.97 Å². The number of hydrogen-bond acceptors (Lipinski definition) is 3. The van der Waals surface area contributed by atoms with Gasteiger partial charge in [-0.05, 0) is 41.8 Å². The van der Waals surface area contributed by atoms with Gasteiger partial charge in [0.15, 0.2) is 0 Å². The van der Waals surface area contributed by atoms with Gasteiger partial charge in [-0.3, -0.25) is 4.79 Å². The molecule has 4 rings (SSSR count). The second-order valence-electron chi connectivity index (χ2n) is 7.02. The Morgan fingerprint density at radius 1 is 1.04 bits per heavy atom. The van der Waals surface area contributed by atoms with Gasteiger partial charge in [-0.1, -0.05) is 42.5 Å². The van der Waals surface area contributed by atoms with Crippen LogP contribution in [0.2, 0.25) is 0 Å². The first kappa shape index (κ1) is 18.8. The monoisotopic (exact) mass is 393 g/mol. The van der Waals surface area contributed by atoms with Crippen molar-refractivity contribution in [3.05, 3.63) is 90.3 Å². The molecule has 4 nitrogen and oxygen atoms in total. The molecule has 28 heavy (non-hydrogen) atoms. The Morgan fingerprint density at radius 2 is 1.75 bits per heavy atom. The zero-order valence-electron chi connectivity index (χ0n) is 15.5. The molecule has 1 aliphatic heterocycles. The first-order valence-corrected chi connectivity index (χ1v) is 10.3. The van der Waals surface area contributed by atoms with Crippen molar-refractivity contribution < 1.29 is 14.6 Å². The van der Waals surface area contributed by atoms with E-state index in [1.54, 1.807) is 11.8 Å². The third-order valence-electron chi connectivity index (χ3n) is 5.09. The van der Waals surface area contributed by atoms with Crippen molar-refractivity contribution in [3.63, 3.8) is 0 Å². The number of hydrogen-bond donors (Lipinski definition) is 1. The highest BCUT2D eigenvalue weighted by atomic mass is 32.2. The van der Waals surface area contributed by atoms with Crippen LogP contribution in [0, 0.1) is 5.92 Å². The Labute approximate surface area is 169 Å². The highest BCUT2D eigenvalue weighted by Gasteiger charge is 2.39. The van der Waals surface area contributed by atoms with Crippen LogP contribution < -0.4 is 0 Å². The van der Waals surface area contributed by atoms with Crippen molar-refractivity contribution in [2.75, 3.05) is 6.61 Å². The summed E-state index contributed by atoms with van der Waals surface area (Å²) in [6, 6.07) is 22.4. The van der Waals surface area contributed by atoms with E-state index in [-0.39, 0.29) is 11.4 Å². The number of nitrogens with zero attached hydrogens (tertiary/aromatic N) is 1. The highest BCUT2D eigenvalue weighted by Crippen LogP contribution is 2.43. The molecule has 0 amide bonds. The molecule has 0 aliphatic carbocycles. The second-order valence-corrected chi connectivity index (χ2v) is 8.27. The molecular formula is C23H23NO3S. The maximum absolute atomic E-state index is 11.9. The summed E-state index contributed by atoms with van der Waals surface area (Å²) in [5.41, 5.74) is 2.25. The van der Waals surface area contributed by atoms with E-state index in [1.165, 1.54) is 5.56 Å². The Kier molecular flexibility index (Phi) is 5.84. The summed E-state index contributed by atoms with van der Waals surface area (Å²) in [7, 11) is 0. The Balaban J connectivity index is 1.54. The molecule has 0 saturated carbocycles. The van der Waals surface area contributed by atoms with Crippen LogP contribution in [0.15, 0.2) is 84.0 Å². The molecule has 1 N–H and O–H groups in total. The molecular weight excluding hydrogens is 370 g/mol. The number of thioether (sulfide) groups is 1. The number of ether oxygens (including phenoxy) is 1. The highest BCUT2D eigenvalue weighted by molar-refractivity contribution is 8.00. The van der Waals surface area contributed by atoms with Crippen LogP contribution in [-0.2, 0) is 16.1 Å². The molecule has 1 fully saturated rings. The molecule has 3 atom stereocenters. The number of carbonyl (C=O) groups is 1. The van der Waals surface area contributed by atoms with Gasteiger partial charge in [0, 0.05) is 30.4 Å². The lowest BCUT2D eigenvalue weighted by Crippen LogP contribution is -2.37. The molecule has 2 heterocycles. The predicted molar refractivity (Wildman–Crippen MR) is 110 cm³/mol. The van der Waals surface area contributed by atoms with Crippen molar-refractivity contribution in [2.45, 2.75) is 29.2 Å². The molecule has 0 spiro atoms. The fourth-order valence-corrected chi connectivity index (χ4v) is 5.03. The van der Waals surface area contributed by atoms with Crippen LogP contribution in [-0.4, -0.2) is 27.5 Å². The van der Waals surface area contributed by atoms with E-state index in [2.05, 4.69) is 28.8 Å². The van der Waals surface area contributed by atoms with Gasteiger partial charge in [0.05, 0.1) is 17.3 Å². The molecule has 1 aromatic heterocycles. The van der Waals surface area contributed by atoms with Crippen LogP contribution >= 0.6 is 11.8 Å². The van der Waals surface area contributed by atoms with Crippen LogP contribution in [0.25, 0.3) is 0 Å². The first-order chi connectivity index (χ1) is 13.7. The Hall–Kier alpha value is -2.50. The molecule has 1 aliphatic rings. The number of aromatic nitrogens is 1. The number of benzene rings is 2. The van der Waals surface area contributed by atoms with Gasteiger partial charge in [-0.15, -0.1) is 11.8 Å². The van der Waals surface area contributed by atoms with Gasteiger partial charge in [-0.25, -0.2) is 0 Å². The predicted octanol–water partition coefficient (Wildman–Crippen LogP) is 4.86. The largest absolute Gasteiger partial charge is 0.481 e. The number of carboxylic acids is 1. The van der Waals surface area contributed by atoms with Gasteiger partial charge in [0.25, 0.3) is 0 Å². The minimum absolute atomic E-state index is 0.163. The smallest absolute Gasteiger partial charge is 0.307 e. The molecule has 3 unspecified atom stereocenters. The third-order valence-corrected chi connectivity index (χ3v) is 6.49. The average molecular weight is 394 g/mol. The van der Waals surface area contributed by atoms with Gasteiger partial charge < -0.3 is 14.4 Å². The Bertz CT molecular complexity index is 893. The standard InChI is InChI=1S/C23H23NO3S/c25-23(26)20-12-15-27-21(18-6-2-1-3-7-18)22(20)28-19-10-8-17(9-11-19)16-24-13-4-5-14-24/h1-11,13-14,20-22H,12,15-16H2,(H,25,26). The first-order valence-electron chi connectivity index (χ1n) is 9.46. The van der Waals surface area contributed by atoms with E-state index in [9.17, 15) is 9.90 Å². The van der Waals surface area contributed by atoms with Crippen LogP contribution in [0.1, 0.15) is 23.7 Å². The van der Waals surface area contributed by atoms with Crippen molar-refractivity contribution in [3.8, 4) is 0 Å². The third kappa shape index (κ3) is 4.32. The fraction of sp³-hybridized carbons (Fsp3) is 0.261. The molecule has 3 aromatic rings. The lowest BCUT2D eigenvalue weighted by Gasteiger charge is -2.36. The minimum Gasteiger partial charge on any atom is -0.481 e.